The Balaban J connectivity index is 1.40. The molecule has 2 aromatic carbocycles. The molecule has 1 saturated carbocycles. The number of nitrogens with zero attached hydrogens (tertiary/aromatic N) is 3. The molecule has 0 bridgehead atoms. The minimum Gasteiger partial charge on any atom is -0.457 e. The molecule has 0 radical (unpaired) electrons. The van der Waals surface area contributed by atoms with E-state index in [-0.39, 0.29) is 22.3 Å². The zero-order valence-corrected chi connectivity index (χ0v) is 18.6. The summed E-state index contributed by atoms with van der Waals surface area (Å²) in [7, 11) is 1.70. The van der Waals surface area contributed by atoms with E-state index in [0.717, 1.165) is 60.0 Å². The Morgan fingerprint density at radius 2 is 1.73 bits per heavy atom. The van der Waals surface area contributed by atoms with Gasteiger partial charge in [0.05, 0.1) is 18.0 Å². The summed E-state index contributed by atoms with van der Waals surface area (Å²) in [5.74, 6) is 9.65. The van der Waals surface area contributed by atoms with Crippen LogP contribution in [-0.4, -0.2) is 29.6 Å². The van der Waals surface area contributed by atoms with Gasteiger partial charge in [0.15, 0.2) is 0 Å². The number of rotatable bonds is 5. The molecular weight excluding hydrogens is 414 g/mol. The summed E-state index contributed by atoms with van der Waals surface area (Å²) >= 11 is 0. The van der Waals surface area contributed by atoms with Crippen molar-refractivity contribution in [2.45, 2.75) is 25.7 Å². The zero-order valence-electron chi connectivity index (χ0n) is 18.6. The van der Waals surface area contributed by atoms with Crippen molar-refractivity contribution in [1.82, 2.24) is 5.32 Å². The lowest BCUT2D eigenvalue weighted by Gasteiger charge is -2.28. The Morgan fingerprint density at radius 1 is 1.03 bits per heavy atom. The predicted octanol–water partition coefficient (Wildman–Crippen LogP) is 4.25. The van der Waals surface area contributed by atoms with Gasteiger partial charge in [0, 0.05) is 18.9 Å². The van der Waals surface area contributed by atoms with Crippen LogP contribution in [0, 0.1) is 11.8 Å². The molecule has 7 heteroatoms. The number of nitrogens with one attached hydrogen (secondary N) is 1. The third-order valence-corrected chi connectivity index (χ3v) is 6.65. The van der Waals surface area contributed by atoms with Crippen molar-refractivity contribution in [1.29, 1.82) is 0 Å². The average molecular weight is 443 g/mol. The number of fused-ring (bicyclic) bond motifs is 1. The normalized spacial score (nSPS) is 26.1. The van der Waals surface area contributed by atoms with Gasteiger partial charge in [-0.25, -0.2) is 0 Å². The smallest absolute Gasteiger partial charge is 0.264 e. The average Bonchev–Trinajstić information content (AvgIpc) is 3.18. The quantitative estimate of drug-likeness (QED) is 0.536. The fraction of sp³-hybridized carbons (Fsp3) is 0.269. The van der Waals surface area contributed by atoms with Crippen LogP contribution < -0.4 is 15.9 Å². The molecule has 3 N–H and O–H groups in total. The van der Waals surface area contributed by atoms with Gasteiger partial charge in [-0.15, -0.1) is 4.59 Å². The molecule has 3 aliphatic rings. The first-order valence-corrected chi connectivity index (χ1v) is 11.4. The van der Waals surface area contributed by atoms with Gasteiger partial charge < -0.3 is 10.1 Å². The Hall–Kier alpha value is -3.55. The molecule has 1 amide bonds. The number of para-hydroxylation sites is 1. The second kappa shape index (κ2) is 8.77. The highest BCUT2D eigenvalue weighted by Crippen LogP contribution is 2.41. The summed E-state index contributed by atoms with van der Waals surface area (Å²) in [6, 6.07) is 17.6. The summed E-state index contributed by atoms with van der Waals surface area (Å²) in [4.78, 5) is 21.4. The van der Waals surface area contributed by atoms with E-state index in [2.05, 4.69) is 10.3 Å². The molecule has 1 aliphatic carbocycles. The van der Waals surface area contributed by atoms with Crippen molar-refractivity contribution in [2.75, 3.05) is 7.05 Å². The number of carbonyl (C=O) groups excluding carboxylic acids is 1. The lowest BCUT2D eigenvalue weighted by molar-refractivity contribution is -0.750. The number of carbonyl (C=O) groups is 1. The number of hydrogen-bond donors (Lipinski definition) is 2. The second-order valence-corrected chi connectivity index (χ2v) is 8.66. The number of amidine groups is 1. The van der Waals surface area contributed by atoms with Crippen LogP contribution >= 0.6 is 0 Å². The lowest BCUT2D eigenvalue weighted by Crippen LogP contribution is -2.53. The van der Waals surface area contributed by atoms with Gasteiger partial charge in [-0.05, 0) is 62.1 Å². The molecule has 7 nitrogen and oxygen atoms in total. The molecule has 1 unspecified atom stereocenters. The van der Waals surface area contributed by atoms with Crippen LogP contribution in [0.3, 0.4) is 0 Å². The van der Waals surface area contributed by atoms with E-state index >= 15 is 0 Å². The topological polar surface area (TPSA) is 89.1 Å². The highest BCUT2D eigenvalue weighted by molar-refractivity contribution is 6.00. The van der Waals surface area contributed by atoms with Gasteiger partial charge in [-0.3, -0.25) is 9.79 Å². The van der Waals surface area contributed by atoms with Gasteiger partial charge >= 0.3 is 0 Å². The maximum Gasteiger partial charge on any atom is 0.264 e. The van der Waals surface area contributed by atoms with E-state index in [4.69, 9.17) is 15.6 Å². The van der Waals surface area contributed by atoms with E-state index in [0.29, 0.717) is 0 Å². The molecule has 5 rings (SSSR count). The molecule has 2 heterocycles. The van der Waals surface area contributed by atoms with Gasteiger partial charge in [0.2, 0.25) is 11.6 Å². The van der Waals surface area contributed by atoms with E-state index in [1.165, 1.54) is 0 Å². The van der Waals surface area contributed by atoms with Crippen LogP contribution in [-0.2, 0) is 4.79 Å². The maximum absolute atomic E-state index is 12.0. The molecule has 0 spiro atoms. The van der Waals surface area contributed by atoms with Crippen LogP contribution in [0.1, 0.15) is 31.2 Å². The number of benzene rings is 2. The summed E-state index contributed by atoms with van der Waals surface area (Å²) in [5.41, 5.74) is 2.82. The molecular formula is C26H28N5O2+. The summed E-state index contributed by atoms with van der Waals surface area (Å²) in [6.07, 6.45) is 8.95. The van der Waals surface area contributed by atoms with Crippen LogP contribution in [0.5, 0.6) is 11.5 Å². The van der Waals surface area contributed by atoms with Crippen molar-refractivity contribution in [3.05, 3.63) is 84.0 Å². The maximum atomic E-state index is 12.0. The molecule has 1 fully saturated rings. The Morgan fingerprint density at radius 3 is 2.42 bits per heavy atom. The highest BCUT2D eigenvalue weighted by atomic mass is 16.5. The van der Waals surface area contributed by atoms with Crippen molar-refractivity contribution in [3.63, 3.8) is 0 Å². The van der Waals surface area contributed by atoms with Gasteiger partial charge in [0.1, 0.15) is 23.4 Å². The Labute approximate surface area is 193 Å². The fourth-order valence-electron chi connectivity index (χ4n) is 4.84. The van der Waals surface area contributed by atoms with Gasteiger partial charge in [-0.1, -0.05) is 18.2 Å². The van der Waals surface area contributed by atoms with E-state index < -0.39 is 0 Å². The zero-order chi connectivity index (χ0) is 22.8. The first kappa shape index (κ1) is 21.3. The van der Waals surface area contributed by atoms with Crippen molar-refractivity contribution in [2.24, 2.45) is 27.7 Å². The first-order valence-electron chi connectivity index (χ1n) is 11.4. The number of quaternary nitrogens is 1. The molecule has 1 atom stereocenters. The predicted molar refractivity (Wildman–Crippen MR) is 128 cm³/mol. The monoisotopic (exact) mass is 442 g/mol. The van der Waals surface area contributed by atoms with E-state index in [1.807, 2.05) is 67.0 Å². The fourth-order valence-corrected chi connectivity index (χ4v) is 4.84. The summed E-state index contributed by atoms with van der Waals surface area (Å²) < 4.78 is 5.94. The molecule has 2 aliphatic heterocycles. The molecule has 2 aromatic rings. The lowest BCUT2D eigenvalue weighted by atomic mass is 9.79. The minimum atomic E-state index is 0.00704. The van der Waals surface area contributed by atoms with Gasteiger partial charge in [-0.2, -0.15) is 10.8 Å². The molecule has 168 valence electrons. The summed E-state index contributed by atoms with van der Waals surface area (Å²) in [5, 5.41) is 2.78. The van der Waals surface area contributed by atoms with Crippen LogP contribution in [0.4, 0.5) is 0 Å². The summed E-state index contributed by atoms with van der Waals surface area (Å²) in [6.45, 7) is 0. The number of aliphatic imine (C=N–C) groups is 2. The Bertz CT molecular complexity index is 1160. The van der Waals surface area contributed by atoms with E-state index in [1.54, 1.807) is 13.2 Å². The van der Waals surface area contributed by atoms with Crippen molar-refractivity contribution in [3.8, 4) is 11.5 Å². The van der Waals surface area contributed by atoms with Crippen LogP contribution in [0.25, 0.3) is 0 Å². The molecule has 0 saturated heterocycles. The van der Waals surface area contributed by atoms with E-state index in [9.17, 15) is 4.79 Å². The second-order valence-electron chi connectivity index (χ2n) is 8.66. The number of nitrogens with two attached hydrogens (primary N) is 1. The van der Waals surface area contributed by atoms with Crippen LogP contribution in [0.2, 0.25) is 0 Å². The third kappa shape index (κ3) is 4.01. The minimum absolute atomic E-state index is 0.00704. The third-order valence-electron chi connectivity index (χ3n) is 6.65. The van der Waals surface area contributed by atoms with Crippen LogP contribution in [0.15, 0.2) is 88.4 Å². The number of ether oxygens (including phenoxy) is 1. The number of amides is 1. The first-order chi connectivity index (χ1) is 16.1. The number of allylic oxidation sites excluding steroid dienone is 2. The van der Waals surface area contributed by atoms with Gasteiger partial charge in [0.25, 0.3) is 5.84 Å². The highest BCUT2D eigenvalue weighted by Gasteiger charge is 2.46. The number of hydrogen-bond acceptors (Lipinski definition) is 5. The standard InChI is InChI=1S/C26H27N5O2/c1-28-26(32)20-9-7-18(8-10-20)24-23-17-29-15-16-31(23,27)25(30-24)19-11-13-22(14-12-19)33-21-5-3-2-4-6-21/h2-6,11-18,20H,7-10,27H2,1H3/p+1. The van der Waals surface area contributed by atoms with Crippen molar-refractivity contribution < 1.29 is 14.1 Å². The van der Waals surface area contributed by atoms with Crippen molar-refractivity contribution >= 4 is 18.0 Å². The molecule has 0 aromatic heterocycles. The largest absolute Gasteiger partial charge is 0.457 e. The Kier molecular flexibility index (Phi) is 5.66. The SMILES string of the molecule is CNC(=O)C1CCC(C2=C3C=NC=C[N+]3(N)C(c3ccc(Oc4ccccc4)cc3)=N2)CC1. The molecule has 33 heavy (non-hydrogen) atoms.